The van der Waals surface area contributed by atoms with Gasteiger partial charge in [0.05, 0.1) is 0 Å². The molecule has 0 aromatic heterocycles. The van der Waals surface area contributed by atoms with E-state index in [0.717, 1.165) is 41.8 Å². The highest BCUT2D eigenvalue weighted by atomic mass is 16.5. The van der Waals surface area contributed by atoms with Crippen molar-refractivity contribution in [3.8, 4) is 5.75 Å². The SMILES string of the molecule is Cc1cccc(C)c1OC[C@H](O)CN1C[C@@H](C)C[C@H](C)C1. The first-order valence-electron chi connectivity index (χ1n) is 8.05. The maximum atomic E-state index is 10.3. The summed E-state index contributed by atoms with van der Waals surface area (Å²) in [4.78, 5) is 2.37. The van der Waals surface area contributed by atoms with Gasteiger partial charge in [-0.05, 0) is 43.2 Å². The molecule has 0 aliphatic carbocycles. The zero-order valence-electron chi connectivity index (χ0n) is 13.8. The molecule has 0 radical (unpaired) electrons. The zero-order valence-corrected chi connectivity index (χ0v) is 13.8. The van der Waals surface area contributed by atoms with Crippen LogP contribution in [0.1, 0.15) is 31.4 Å². The van der Waals surface area contributed by atoms with Gasteiger partial charge in [-0.25, -0.2) is 0 Å². The smallest absolute Gasteiger partial charge is 0.125 e. The van der Waals surface area contributed by atoms with Crippen LogP contribution in [0.4, 0.5) is 0 Å². The fourth-order valence-electron chi connectivity index (χ4n) is 3.50. The predicted octanol–water partition coefficient (Wildman–Crippen LogP) is 3.02. The molecule has 0 bridgehead atoms. The van der Waals surface area contributed by atoms with Gasteiger partial charge >= 0.3 is 0 Å². The fraction of sp³-hybridized carbons (Fsp3) is 0.667. The fourth-order valence-corrected chi connectivity index (χ4v) is 3.50. The Hall–Kier alpha value is -1.06. The summed E-state index contributed by atoms with van der Waals surface area (Å²) in [5, 5.41) is 10.3. The maximum Gasteiger partial charge on any atom is 0.125 e. The highest BCUT2D eigenvalue weighted by Gasteiger charge is 2.23. The number of hydrogen-bond acceptors (Lipinski definition) is 3. The Kier molecular flexibility index (Phi) is 5.65. The van der Waals surface area contributed by atoms with Crippen molar-refractivity contribution in [3.63, 3.8) is 0 Å². The average molecular weight is 291 g/mol. The molecule has 3 heteroatoms. The van der Waals surface area contributed by atoms with Crippen molar-refractivity contribution < 1.29 is 9.84 Å². The number of piperidine rings is 1. The number of β-amino-alcohol motifs (C(OH)–C–C–N with tert-alkyl or cyclic N) is 1. The molecule has 1 fully saturated rings. The first-order chi connectivity index (χ1) is 9.95. The van der Waals surface area contributed by atoms with Gasteiger partial charge in [0.1, 0.15) is 18.5 Å². The van der Waals surface area contributed by atoms with Crippen LogP contribution in [-0.2, 0) is 0 Å². The lowest BCUT2D eigenvalue weighted by Crippen LogP contribution is -2.44. The van der Waals surface area contributed by atoms with Crippen molar-refractivity contribution in [1.82, 2.24) is 4.90 Å². The van der Waals surface area contributed by atoms with Gasteiger partial charge in [0.25, 0.3) is 0 Å². The quantitative estimate of drug-likeness (QED) is 0.905. The van der Waals surface area contributed by atoms with E-state index in [1.807, 2.05) is 32.0 Å². The highest BCUT2D eigenvalue weighted by molar-refractivity contribution is 5.39. The Morgan fingerprint density at radius 1 is 1.19 bits per heavy atom. The Morgan fingerprint density at radius 2 is 1.76 bits per heavy atom. The molecule has 3 nitrogen and oxygen atoms in total. The molecule has 1 aliphatic heterocycles. The molecular weight excluding hydrogens is 262 g/mol. The second-order valence-corrected chi connectivity index (χ2v) is 6.85. The summed E-state index contributed by atoms with van der Waals surface area (Å²) >= 11 is 0. The van der Waals surface area contributed by atoms with E-state index in [-0.39, 0.29) is 0 Å². The van der Waals surface area contributed by atoms with E-state index in [2.05, 4.69) is 18.7 Å². The molecule has 21 heavy (non-hydrogen) atoms. The molecule has 0 amide bonds. The lowest BCUT2D eigenvalue weighted by Gasteiger charge is -2.36. The van der Waals surface area contributed by atoms with Gasteiger partial charge in [0, 0.05) is 19.6 Å². The molecule has 0 unspecified atom stereocenters. The number of hydrogen-bond donors (Lipinski definition) is 1. The van der Waals surface area contributed by atoms with Crippen molar-refractivity contribution >= 4 is 0 Å². The van der Waals surface area contributed by atoms with Gasteiger partial charge in [0.15, 0.2) is 0 Å². The van der Waals surface area contributed by atoms with Crippen LogP contribution in [0.15, 0.2) is 18.2 Å². The summed E-state index contributed by atoms with van der Waals surface area (Å²) < 4.78 is 5.85. The molecule has 1 heterocycles. The summed E-state index contributed by atoms with van der Waals surface area (Å²) in [6.45, 7) is 11.9. The lowest BCUT2D eigenvalue weighted by atomic mass is 9.92. The molecule has 0 saturated carbocycles. The largest absolute Gasteiger partial charge is 0.490 e. The third-order valence-corrected chi connectivity index (χ3v) is 4.24. The van der Waals surface area contributed by atoms with Crippen molar-refractivity contribution in [2.45, 2.75) is 40.2 Å². The second-order valence-electron chi connectivity index (χ2n) is 6.85. The summed E-state index contributed by atoms with van der Waals surface area (Å²) in [6, 6.07) is 6.12. The number of para-hydroxylation sites is 1. The van der Waals surface area contributed by atoms with Gasteiger partial charge in [-0.1, -0.05) is 32.0 Å². The van der Waals surface area contributed by atoms with E-state index in [9.17, 15) is 5.11 Å². The minimum absolute atomic E-state index is 0.366. The van der Waals surface area contributed by atoms with Gasteiger partial charge in [0.2, 0.25) is 0 Å². The number of benzene rings is 1. The molecule has 1 aromatic carbocycles. The van der Waals surface area contributed by atoms with Gasteiger partial charge in [-0.3, -0.25) is 0 Å². The van der Waals surface area contributed by atoms with Gasteiger partial charge in [-0.15, -0.1) is 0 Å². The minimum atomic E-state index is -0.429. The van der Waals surface area contributed by atoms with Crippen LogP contribution in [0.2, 0.25) is 0 Å². The number of ether oxygens (including phenoxy) is 1. The van der Waals surface area contributed by atoms with Gasteiger partial charge in [-0.2, -0.15) is 0 Å². The predicted molar refractivity (Wildman–Crippen MR) is 86.8 cm³/mol. The molecule has 1 N–H and O–H groups in total. The van der Waals surface area contributed by atoms with Crippen molar-refractivity contribution in [3.05, 3.63) is 29.3 Å². The van der Waals surface area contributed by atoms with Gasteiger partial charge < -0.3 is 14.7 Å². The summed E-state index contributed by atoms with van der Waals surface area (Å²) in [6.07, 6.45) is 0.868. The third-order valence-electron chi connectivity index (χ3n) is 4.24. The number of aliphatic hydroxyl groups is 1. The monoisotopic (exact) mass is 291 g/mol. The van der Waals surface area contributed by atoms with E-state index in [4.69, 9.17) is 4.74 Å². The summed E-state index contributed by atoms with van der Waals surface area (Å²) in [7, 11) is 0. The van der Waals surface area contributed by atoms with E-state index in [1.54, 1.807) is 0 Å². The van der Waals surface area contributed by atoms with Crippen molar-refractivity contribution in [1.29, 1.82) is 0 Å². The minimum Gasteiger partial charge on any atom is -0.490 e. The standard InChI is InChI=1S/C18H29NO2/c1-13-8-14(2)10-19(9-13)11-17(20)12-21-18-15(3)6-5-7-16(18)4/h5-7,13-14,17,20H,8-12H2,1-4H3/t13-,14-,17+/m0/s1. The number of rotatable bonds is 5. The van der Waals surface area contributed by atoms with Crippen LogP contribution in [0.5, 0.6) is 5.75 Å². The molecule has 118 valence electrons. The van der Waals surface area contributed by atoms with E-state index in [0.29, 0.717) is 13.2 Å². The van der Waals surface area contributed by atoms with Crippen LogP contribution < -0.4 is 4.74 Å². The molecule has 2 rings (SSSR count). The summed E-state index contributed by atoms with van der Waals surface area (Å²) in [5.74, 6) is 2.36. The Balaban J connectivity index is 1.83. The molecular formula is C18H29NO2. The molecule has 1 saturated heterocycles. The molecule has 0 spiro atoms. The lowest BCUT2D eigenvalue weighted by molar-refractivity contribution is 0.0426. The van der Waals surface area contributed by atoms with Crippen LogP contribution in [0, 0.1) is 25.7 Å². The van der Waals surface area contributed by atoms with Crippen LogP contribution >= 0.6 is 0 Å². The van der Waals surface area contributed by atoms with E-state index < -0.39 is 6.10 Å². The maximum absolute atomic E-state index is 10.3. The Bertz CT molecular complexity index is 430. The zero-order chi connectivity index (χ0) is 15.4. The van der Waals surface area contributed by atoms with Crippen LogP contribution in [0.3, 0.4) is 0 Å². The molecule has 1 aliphatic rings. The second kappa shape index (κ2) is 7.28. The summed E-state index contributed by atoms with van der Waals surface area (Å²) in [5.41, 5.74) is 2.25. The highest BCUT2D eigenvalue weighted by Crippen LogP contribution is 2.23. The number of nitrogens with zero attached hydrogens (tertiary/aromatic N) is 1. The van der Waals surface area contributed by atoms with Crippen LogP contribution in [0.25, 0.3) is 0 Å². The number of aliphatic hydroxyl groups excluding tert-OH is 1. The number of likely N-dealkylation sites (tertiary alicyclic amines) is 1. The van der Waals surface area contributed by atoms with Crippen LogP contribution in [-0.4, -0.2) is 42.4 Å². The van der Waals surface area contributed by atoms with Crippen molar-refractivity contribution in [2.24, 2.45) is 11.8 Å². The Morgan fingerprint density at radius 3 is 2.33 bits per heavy atom. The first-order valence-corrected chi connectivity index (χ1v) is 8.05. The molecule has 1 aromatic rings. The molecule has 3 atom stereocenters. The van der Waals surface area contributed by atoms with Crippen molar-refractivity contribution in [2.75, 3.05) is 26.2 Å². The third kappa shape index (κ3) is 4.72. The normalized spacial score (nSPS) is 24.8. The number of aryl methyl sites for hydroxylation is 2. The average Bonchev–Trinajstić information content (AvgIpc) is 2.36. The van der Waals surface area contributed by atoms with E-state index >= 15 is 0 Å². The Labute approximate surface area is 128 Å². The van der Waals surface area contributed by atoms with E-state index in [1.165, 1.54) is 6.42 Å². The first kappa shape index (κ1) is 16.3. The topological polar surface area (TPSA) is 32.7 Å².